The van der Waals surface area contributed by atoms with Crippen LogP contribution in [0.3, 0.4) is 0 Å². The standard InChI is InChI=1S/C7H15NS/c1-6-4-8-7(2,3)9-5-6/h6,8H,4-5H2,1-3H3. The smallest absolute Gasteiger partial charge is 0.0588 e. The van der Waals surface area contributed by atoms with E-state index in [2.05, 4.69) is 26.1 Å². The summed E-state index contributed by atoms with van der Waals surface area (Å²) in [5.74, 6) is 2.16. The van der Waals surface area contributed by atoms with E-state index >= 15 is 0 Å². The van der Waals surface area contributed by atoms with Gasteiger partial charge in [0.2, 0.25) is 0 Å². The minimum atomic E-state index is 0.326. The first-order valence-electron chi connectivity index (χ1n) is 3.49. The van der Waals surface area contributed by atoms with Gasteiger partial charge in [-0.2, -0.15) is 0 Å². The molecular weight excluding hydrogens is 130 g/mol. The lowest BCUT2D eigenvalue weighted by atomic mass is 10.2. The summed E-state index contributed by atoms with van der Waals surface area (Å²) in [6, 6.07) is 0. The molecule has 0 amide bonds. The van der Waals surface area contributed by atoms with E-state index in [0.29, 0.717) is 4.87 Å². The van der Waals surface area contributed by atoms with Gasteiger partial charge in [-0.1, -0.05) is 6.92 Å². The van der Waals surface area contributed by atoms with Crippen LogP contribution in [0.2, 0.25) is 0 Å². The van der Waals surface area contributed by atoms with Gasteiger partial charge in [-0.15, -0.1) is 11.8 Å². The topological polar surface area (TPSA) is 12.0 Å². The number of hydrogen-bond donors (Lipinski definition) is 1. The summed E-state index contributed by atoms with van der Waals surface area (Å²) in [4.78, 5) is 0.326. The molecule has 0 radical (unpaired) electrons. The summed E-state index contributed by atoms with van der Waals surface area (Å²) in [5, 5.41) is 3.47. The van der Waals surface area contributed by atoms with Crippen molar-refractivity contribution in [2.24, 2.45) is 5.92 Å². The summed E-state index contributed by atoms with van der Waals surface area (Å²) in [5.41, 5.74) is 0. The highest BCUT2D eigenvalue weighted by Crippen LogP contribution is 2.27. The van der Waals surface area contributed by atoms with Gasteiger partial charge in [-0.25, -0.2) is 0 Å². The van der Waals surface area contributed by atoms with E-state index in [1.54, 1.807) is 0 Å². The zero-order valence-electron chi connectivity index (χ0n) is 6.40. The summed E-state index contributed by atoms with van der Waals surface area (Å²) >= 11 is 2.02. The SMILES string of the molecule is CC1CNC(C)(C)SC1. The van der Waals surface area contributed by atoms with E-state index in [4.69, 9.17) is 0 Å². The van der Waals surface area contributed by atoms with Gasteiger partial charge in [0.15, 0.2) is 0 Å². The van der Waals surface area contributed by atoms with Crippen molar-refractivity contribution >= 4 is 11.8 Å². The minimum Gasteiger partial charge on any atom is -0.303 e. The van der Waals surface area contributed by atoms with Crippen molar-refractivity contribution in [1.29, 1.82) is 0 Å². The van der Waals surface area contributed by atoms with Gasteiger partial charge in [0.25, 0.3) is 0 Å². The first-order valence-corrected chi connectivity index (χ1v) is 4.48. The van der Waals surface area contributed by atoms with Crippen LogP contribution in [0.1, 0.15) is 20.8 Å². The number of rotatable bonds is 0. The molecule has 1 atom stereocenters. The Hall–Kier alpha value is 0.310. The quantitative estimate of drug-likeness (QED) is 0.557. The lowest BCUT2D eigenvalue weighted by Gasteiger charge is -2.33. The molecule has 0 saturated carbocycles. The van der Waals surface area contributed by atoms with Crippen LogP contribution in [0.25, 0.3) is 0 Å². The molecule has 1 nitrogen and oxygen atoms in total. The van der Waals surface area contributed by atoms with Gasteiger partial charge in [-0.3, -0.25) is 0 Å². The summed E-state index contributed by atoms with van der Waals surface area (Å²) < 4.78 is 0. The van der Waals surface area contributed by atoms with E-state index in [0.717, 1.165) is 5.92 Å². The molecule has 0 aromatic rings. The third kappa shape index (κ3) is 2.18. The van der Waals surface area contributed by atoms with Crippen molar-refractivity contribution in [3.05, 3.63) is 0 Å². The Kier molecular flexibility index (Phi) is 2.07. The fraction of sp³-hybridized carbons (Fsp3) is 1.00. The van der Waals surface area contributed by atoms with E-state index in [1.165, 1.54) is 12.3 Å². The highest BCUT2D eigenvalue weighted by molar-refractivity contribution is 8.00. The van der Waals surface area contributed by atoms with E-state index in [1.807, 2.05) is 11.8 Å². The van der Waals surface area contributed by atoms with Gasteiger partial charge in [0, 0.05) is 0 Å². The van der Waals surface area contributed by atoms with Crippen LogP contribution in [0.4, 0.5) is 0 Å². The molecule has 54 valence electrons. The molecule has 2 heteroatoms. The molecular formula is C7H15NS. The Labute approximate surface area is 61.6 Å². The van der Waals surface area contributed by atoms with Gasteiger partial charge in [0.1, 0.15) is 0 Å². The molecule has 1 aliphatic heterocycles. The van der Waals surface area contributed by atoms with E-state index in [-0.39, 0.29) is 0 Å². The second-order valence-electron chi connectivity index (χ2n) is 3.31. The van der Waals surface area contributed by atoms with Crippen LogP contribution in [-0.4, -0.2) is 17.2 Å². The lowest BCUT2D eigenvalue weighted by Crippen LogP contribution is -2.43. The van der Waals surface area contributed by atoms with Gasteiger partial charge < -0.3 is 5.32 Å². The van der Waals surface area contributed by atoms with Crippen LogP contribution in [0.5, 0.6) is 0 Å². The summed E-state index contributed by atoms with van der Waals surface area (Å²) in [6.45, 7) is 7.95. The van der Waals surface area contributed by atoms with Crippen molar-refractivity contribution in [2.45, 2.75) is 25.6 Å². The van der Waals surface area contributed by atoms with Crippen molar-refractivity contribution in [1.82, 2.24) is 5.32 Å². The molecule has 1 unspecified atom stereocenters. The Morgan fingerprint density at radius 2 is 2.22 bits per heavy atom. The third-order valence-corrected chi connectivity index (χ3v) is 3.21. The average Bonchev–Trinajstić information content (AvgIpc) is 1.78. The van der Waals surface area contributed by atoms with Gasteiger partial charge >= 0.3 is 0 Å². The number of hydrogen-bond acceptors (Lipinski definition) is 2. The highest BCUT2D eigenvalue weighted by atomic mass is 32.2. The summed E-state index contributed by atoms with van der Waals surface area (Å²) in [7, 11) is 0. The molecule has 0 aromatic heterocycles. The van der Waals surface area contributed by atoms with Crippen molar-refractivity contribution in [3.8, 4) is 0 Å². The maximum absolute atomic E-state index is 3.47. The predicted octanol–water partition coefficient (Wildman–Crippen LogP) is 1.70. The number of thioether (sulfide) groups is 1. The first-order chi connectivity index (χ1) is 4.10. The maximum atomic E-state index is 3.47. The molecule has 1 fully saturated rings. The van der Waals surface area contributed by atoms with Crippen LogP contribution in [0, 0.1) is 5.92 Å². The summed E-state index contributed by atoms with van der Waals surface area (Å²) in [6.07, 6.45) is 0. The average molecular weight is 145 g/mol. The predicted molar refractivity (Wildman–Crippen MR) is 43.7 cm³/mol. The van der Waals surface area contributed by atoms with E-state index in [9.17, 15) is 0 Å². The van der Waals surface area contributed by atoms with Crippen LogP contribution < -0.4 is 5.32 Å². The minimum absolute atomic E-state index is 0.326. The van der Waals surface area contributed by atoms with Crippen LogP contribution in [-0.2, 0) is 0 Å². The van der Waals surface area contributed by atoms with Crippen LogP contribution >= 0.6 is 11.8 Å². The first kappa shape index (κ1) is 7.42. The fourth-order valence-electron chi connectivity index (χ4n) is 0.881. The Morgan fingerprint density at radius 3 is 2.56 bits per heavy atom. The molecule has 0 aromatic carbocycles. The monoisotopic (exact) mass is 145 g/mol. The molecule has 1 saturated heterocycles. The Bertz CT molecular complexity index is 91.1. The molecule has 1 heterocycles. The Balaban J connectivity index is 2.35. The van der Waals surface area contributed by atoms with Crippen molar-refractivity contribution in [3.63, 3.8) is 0 Å². The van der Waals surface area contributed by atoms with Crippen LogP contribution in [0.15, 0.2) is 0 Å². The fourth-order valence-corrected chi connectivity index (χ4v) is 1.89. The highest BCUT2D eigenvalue weighted by Gasteiger charge is 2.23. The molecule has 1 aliphatic rings. The second-order valence-corrected chi connectivity index (χ2v) is 4.95. The molecule has 0 spiro atoms. The molecule has 1 rings (SSSR count). The van der Waals surface area contributed by atoms with Crippen molar-refractivity contribution < 1.29 is 0 Å². The second kappa shape index (κ2) is 2.51. The number of nitrogens with one attached hydrogen (secondary N) is 1. The zero-order chi connectivity index (χ0) is 6.91. The maximum Gasteiger partial charge on any atom is 0.0588 e. The van der Waals surface area contributed by atoms with E-state index < -0.39 is 0 Å². The van der Waals surface area contributed by atoms with Gasteiger partial charge in [-0.05, 0) is 32.1 Å². The normalized spacial score (nSPS) is 34.3. The largest absolute Gasteiger partial charge is 0.303 e. The van der Waals surface area contributed by atoms with Gasteiger partial charge in [0.05, 0.1) is 4.87 Å². The third-order valence-electron chi connectivity index (χ3n) is 1.60. The molecule has 0 bridgehead atoms. The zero-order valence-corrected chi connectivity index (χ0v) is 7.22. The van der Waals surface area contributed by atoms with Crippen molar-refractivity contribution in [2.75, 3.05) is 12.3 Å². The molecule has 0 aliphatic carbocycles. The Morgan fingerprint density at radius 1 is 1.56 bits per heavy atom. The molecule has 9 heavy (non-hydrogen) atoms. The molecule has 1 N–H and O–H groups in total. The lowest BCUT2D eigenvalue weighted by molar-refractivity contribution is 0.457.